The quantitative estimate of drug-likeness (QED) is 0.395. The van der Waals surface area contributed by atoms with Crippen molar-refractivity contribution in [2.45, 2.75) is 19.9 Å². The Balaban J connectivity index is 1.71. The summed E-state index contributed by atoms with van der Waals surface area (Å²) < 4.78 is 0. The van der Waals surface area contributed by atoms with Crippen LogP contribution in [-0.2, 0) is 0 Å². The van der Waals surface area contributed by atoms with Crippen LogP contribution in [-0.4, -0.2) is 10.9 Å². The first-order chi connectivity index (χ1) is 14.6. The first kappa shape index (κ1) is 19.9. The number of benzene rings is 2. The van der Waals surface area contributed by atoms with Crippen molar-refractivity contribution in [3.05, 3.63) is 112 Å². The van der Waals surface area contributed by atoms with Crippen molar-refractivity contribution in [1.82, 2.24) is 4.98 Å². The van der Waals surface area contributed by atoms with E-state index in [-0.39, 0.29) is 11.9 Å². The van der Waals surface area contributed by atoms with Crippen molar-refractivity contribution < 1.29 is 4.79 Å². The zero-order valence-electron chi connectivity index (χ0n) is 16.9. The summed E-state index contributed by atoms with van der Waals surface area (Å²) in [5.41, 5.74) is 3.98. The Hall–Kier alpha value is -3.44. The molecule has 4 rings (SSSR count). The Morgan fingerprint density at radius 3 is 2.37 bits per heavy atom. The van der Waals surface area contributed by atoms with E-state index in [1.54, 1.807) is 17.5 Å². The monoisotopic (exact) mass is 413 g/mol. The van der Waals surface area contributed by atoms with E-state index in [1.807, 2.05) is 48.5 Å². The number of carbonyl (C=O) groups excluding carboxylic acids is 1. The zero-order valence-corrected chi connectivity index (χ0v) is 17.7. The van der Waals surface area contributed by atoms with E-state index in [9.17, 15) is 4.79 Å². The van der Waals surface area contributed by atoms with Gasteiger partial charge in [0.1, 0.15) is 10.8 Å². The number of hydrogen-bond acceptors (Lipinski definition) is 4. The normalized spacial score (nSPS) is 11.7. The highest BCUT2D eigenvalue weighted by Crippen LogP contribution is 2.37. The third kappa shape index (κ3) is 4.58. The summed E-state index contributed by atoms with van der Waals surface area (Å²) in [6.07, 6.45) is 1.77. The summed E-state index contributed by atoms with van der Waals surface area (Å²) in [4.78, 5) is 18.4. The molecular weight excluding hydrogens is 390 g/mol. The molecule has 4 aromatic rings. The Morgan fingerprint density at radius 1 is 0.933 bits per heavy atom. The first-order valence-corrected chi connectivity index (χ1v) is 10.6. The maximum Gasteiger partial charge on any atom is 0.256 e. The average Bonchev–Trinajstić information content (AvgIpc) is 3.13. The Bertz CT molecular complexity index is 1120. The molecule has 4 nitrogen and oxygen atoms in total. The van der Waals surface area contributed by atoms with E-state index in [0.29, 0.717) is 5.56 Å². The van der Waals surface area contributed by atoms with E-state index in [2.05, 4.69) is 59.8 Å². The standard InChI is InChI=1S/C25H23N3OS/c1-17-11-13-19(14-12-17)23(27-22-10-6-7-15-26-22)21-16-18(2)30-25(21)28-24(29)20-8-4-3-5-9-20/h3-16,23H,1-2H3,(H,26,27)(H,28,29). The highest BCUT2D eigenvalue weighted by molar-refractivity contribution is 7.16. The number of amides is 1. The van der Waals surface area contributed by atoms with Gasteiger partial charge in [0.25, 0.3) is 5.91 Å². The summed E-state index contributed by atoms with van der Waals surface area (Å²) >= 11 is 1.58. The second kappa shape index (κ2) is 8.93. The fourth-order valence-corrected chi connectivity index (χ4v) is 4.25. The minimum absolute atomic E-state index is 0.112. The van der Waals surface area contributed by atoms with Crippen LogP contribution in [0.1, 0.15) is 38.0 Å². The van der Waals surface area contributed by atoms with Gasteiger partial charge >= 0.3 is 0 Å². The zero-order chi connectivity index (χ0) is 20.9. The molecule has 2 heterocycles. The third-order valence-electron chi connectivity index (χ3n) is 4.83. The van der Waals surface area contributed by atoms with Gasteiger partial charge in [0, 0.05) is 22.2 Å². The molecule has 0 bridgehead atoms. The molecule has 2 aromatic heterocycles. The molecule has 0 saturated carbocycles. The van der Waals surface area contributed by atoms with Gasteiger partial charge in [-0.15, -0.1) is 11.3 Å². The number of rotatable bonds is 6. The van der Waals surface area contributed by atoms with Crippen molar-refractivity contribution in [1.29, 1.82) is 0 Å². The van der Waals surface area contributed by atoms with Crippen LogP contribution in [0.25, 0.3) is 0 Å². The van der Waals surface area contributed by atoms with E-state index in [1.165, 1.54) is 5.56 Å². The van der Waals surface area contributed by atoms with Crippen molar-refractivity contribution in [2.75, 3.05) is 10.6 Å². The summed E-state index contributed by atoms with van der Waals surface area (Å²) in [6, 6.07) is 25.5. The molecule has 150 valence electrons. The van der Waals surface area contributed by atoms with Gasteiger partial charge in [-0.05, 0) is 49.7 Å². The maximum atomic E-state index is 12.8. The van der Waals surface area contributed by atoms with Crippen LogP contribution in [0, 0.1) is 13.8 Å². The predicted molar refractivity (Wildman–Crippen MR) is 124 cm³/mol. The van der Waals surface area contributed by atoms with Gasteiger partial charge in [-0.25, -0.2) is 4.98 Å². The van der Waals surface area contributed by atoms with Crippen molar-refractivity contribution >= 4 is 28.1 Å². The number of anilines is 2. The van der Waals surface area contributed by atoms with E-state index in [0.717, 1.165) is 26.8 Å². The Labute approximate surface area is 180 Å². The van der Waals surface area contributed by atoms with Crippen LogP contribution in [0.3, 0.4) is 0 Å². The lowest BCUT2D eigenvalue weighted by atomic mass is 9.99. The summed E-state index contributed by atoms with van der Waals surface area (Å²) in [5, 5.41) is 7.50. The molecule has 30 heavy (non-hydrogen) atoms. The van der Waals surface area contributed by atoms with Gasteiger partial charge in [0.05, 0.1) is 6.04 Å². The number of nitrogens with zero attached hydrogens (tertiary/aromatic N) is 1. The van der Waals surface area contributed by atoms with E-state index in [4.69, 9.17) is 0 Å². The van der Waals surface area contributed by atoms with Crippen LogP contribution in [0.15, 0.2) is 85.1 Å². The van der Waals surface area contributed by atoms with Gasteiger partial charge in [-0.1, -0.05) is 54.1 Å². The predicted octanol–water partition coefficient (Wildman–Crippen LogP) is 6.21. The van der Waals surface area contributed by atoms with E-state index < -0.39 is 0 Å². The minimum Gasteiger partial charge on any atom is -0.359 e. The number of hydrogen-bond donors (Lipinski definition) is 2. The van der Waals surface area contributed by atoms with Crippen molar-refractivity contribution in [3.63, 3.8) is 0 Å². The van der Waals surface area contributed by atoms with Gasteiger partial charge < -0.3 is 10.6 Å². The van der Waals surface area contributed by atoms with Gasteiger partial charge in [-0.2, -0.15) is 0 Å². The van der Waals surface area contributed by atoms with Gasteiger partial charge in [0.2, 0.25) is 0 Å². The van der Waals surface area contributed by atoms with Gasteiger partial charge in [-0.3, -0.25) is 4.79 Å². The number of aromatic nitrogens is 1. The molecule has 2 N–H and O–H groups in total. The molecule has 1 unspecified atom stereocenters. The molecule has 2 aromatic carbocycles. The second-order valence-electron chi connectivity index (χ2n) is 7.16. The molecule has 5 heteroatoms. The van der Waals surface area contributed by atoms with Crippen LogP contribution in [0.4, 0.5) is 10.8 Å². The number of pyridine rings is 1. The van der Waals surface area contributed by atoms with Crippen molar-refractivity contribution in [2.24, 2.45) is 0 Å². The molecule has 0 aliphatic rings. The second-order valence-corrected chi connectivity index (χ2v) is 8.42. The lowest BCUT2D eigenvalue weighted by molar-refractivity contribution is 0.102. The minimum atomic E-state index is -0.142. The molecule has 0 aliphatic heterocycles. The molecule has 0 saturated heterocycles. The fourth-order valence-electron chi connectivity index (χ4n) is 3.31. The average molecular weight is 414 g/mol. The van der Waals surface area contributed by atoms with Crippen molar-refractivity contribution in [3.8, 4) is 0 Å². The van der Waals surface area contributed by atoms with Crippen LogP contribution in [0.2, 0.25) is 0 Å². The number of nitrogens with one attached hydrogen (secondary N) is 2. The van der Waals surface area contributed by atoms with Crippen LogP contribution in [0.5, 0.6) is 0 Å². The SMILES string of the molecule is Cc1ccc(C(Nc2ccccn2)c2cc(C)sc2NC(=O)c2ccccc2)cc1. The number of aryl methyl sites for hydroxylation is 2. The van der Waals surface area contributed by atoms with E-state index >= 15 is 0 Å². The molecule has 0 aliphatic carbocycles. The molecule has 0 fully saturated rings. The topological polar surface area (TPSA) is 54.0 Å². The molecule has 1 amide bonds. The lowest BCUT2D eigenvalue weighted by Gasteiger charge is -2.21. The molecule has 0 radical (unpaired) electrons. The van der Waals surface area contributed by atoms with Crippen LogP contribution >= 0.6 is 11.3 Å². The highest BCUT2D eigenvalue weighted by atomic mass is 32.1. The first-order valence-electron chi connectivity index (χ1n) is 9.81. The van der Waals surface area contributed by atoms with Gasteiger partial charge in [0.15, 0.2) is 0 Å². The molecular formula is C25H23N3OS. The highest BCUT2D eigenvalue weighted by Gasteiger charge is 2.22. The molecule has 1 atom stereocenters. The molecule has 0 spiro atoms. The number of thiophene rings is 1. The smallest absolute Gasteiger partial charge is 0.256 e. The lowest BCUT2D eigenvalue weighted by Crippen LogP contribution is -2.17. The summed E-state index contributed by atoms with van der Waals surface area (Å²) in [5.74, 6) is 0.673. The fraction of sp³-hybridized carbons (Fsp3) is 0.120. The maximum absolute atomic E-state index is 12.8. The third-order valence-corrected chi connectivity index (χ3v) is 5.81. The van der Waals surface area contributed by atoms with Crippen LogP contribution < -0.4 is 10.6 Å². The summed E-state index contributed by atoms with van der Waals surface area (Å²) in [6.45, 7) is 4.13. The number of carbonyl (C=O) groups is 1. The largest absolute Gasteiger partial charge is 0.359 e. The summed E-state index contributed by atoms with van der Waals surface area (Å²) in [7, 11) is 0. The Morgan fingerprint density at radius 2 is 1.67 bits per heavy atom. The Kier molecular flexibility index (Phi) is 5.91.